The van der Waals surface area contributed by atoms with Gasteiger partial charge in [-0.3, -0.25) is 4.79 Å². The molecule has 0 radical (unpaired) electrons. The molecule has 2 rings (SSSR count). The highest BCUT2D eigenvalue weighted by atomic mass is 32.1. The van der Waals surface area contributed by atoms with E-state index in [-0.39, 0.29) is 12.5 Å². The average molecular weight is 299 g/mol. The fourth-order valence-corrected chi connectivity index (χ4v) is 2.78. The number of hydrogen-bond acceptors (Lipinski definition) is 3. The van der Waals surface area contributed by atoms with Crippen LogP contribution in [-0.2, 0) is 6.54 Å². The maximum Gasteiger partial charge on any atom is 0.251 e. The third-order valence-electron chi connectivity index (χ3n) is 3.20. The Balaban J connectivity index is 2.13. The van der Waals surface area contributed by atoms with Crippen molar-refractivity contribution in [2.24, 2.45) is 0 Å². The first-order valence-corrected chi connectivity index (χ1v) is 7.56. The number of rotatable bonds is 3. The van der Waals surface area contributed by atoms with E-state index < -0.39 is 0 Å². The molecule has 1 aromatic carbocycles. The molecular weight excluding hydrogens is 282 g/mol. The molecule has 0 saturated carbocycles. The molecule has 0 aliphatic carbocycles. The quantitative estimate of drug-likeness (QED) is 0.856. The topological polar surface area (TPSA) is 49.3 Å². The molecule has 0 aliphatic heterocycles. The molecule has 0 unspecified atom stereocenters. The second-order valence-electron chi connectivity index (χ2n) is 4.75. The summed E-state index contributed by atoms with van der Waals surface area (Å²) in [6.45, 7) is 4.27. The zero-order chi connectivity index (χ0) is 15.2. The van der Waals surface area contributed by atoms with Gasteiger partial charge in [-0.1, -0.05) is 17.9 Å². The van der Waals surface area contributed by atoms with Crippen molar-refractivity contribution < 1.29 is 9.90 Å². The molecule has 1 aromatic heterocycles. The first kappa shape index (κ1) is 15.3. The van der Waals surface area contributed by atoms with Crippen molar-refractivity contribution in [1.29, 1.82) is 0 Å². The zero-order valence-electron chi connectivity index (χ0n) is 12.1. The van der Waals surface area contributed by atoms with Crippen molar-refractivity contribution in [3.63, 3.8) is 0 Å². The van der Waals surface area contributed by atoms with Crippen molar-refractivity contribution in [2.75, 3.05) is 6.61 Å². The molecule has 108 valence electrons. The number of thiophene rings is 1. The lowest BCUT2D eigenvalue weighted by Crippen LogP contribution is -2.23. The molecule has 21 heavy (non-hydrogen) atoms. The number of carbonyl (C=O) groups excluding carboxylic acids is 1. The summed E-state index contributed by atoms with van der Waals surface area (Å²) >= 11 is 1.64. The van der Waals surface area contributed by atoms with Gasteiger partial charge in [-0.15, -0.1) is 0 Å². The molecule has 4 heteroatoms. The minimum atomic E-state index is -0.188. The summed E-state index contributed by atoms with van der Waals surface area (Å²) < 4.78 is 0. The van der Waals surface area contributed by atoms with Crippen LogP contribution in [0.15, 0.2) is 29.0 Å². The average Bonchev–Trinajstić information content (AvgIpc) is 2.89. The highest BCUT2D eigenvalue weighted by Crippen LogP contribution is 2.14. The summed E-state index contributed by atoms with van der Waals surface area (Å²) in [4.78, 5) is 12.3. The highest BCUT2D eigenvalue weighted by Gasteiger charge is 2.10. The van der Waals surface area contributed by atoms with Gasteiger partial charge in [0.1, 0.15) is 6.61 Å². The Kier molecular flexibility index (Phi) is 5.15. The van der Waals surface area contributed by atoms with Crippen molar-refractivity contribution >= 4 is 17.2 Å². The molecule has 0 saturated heterocycles. The Bertz CT molecular complexity index is 707. The molecule has 0 bridgehead atoms. The van der Waals surface area contributed by atoms with Gasteiger partial charge in [0.05, 0.1) is 0 Å². The van der Waals surface area contributed by atoms with E-state index in [2.05, 4.69) is 22.5 Å². The van der Waals surface area contributed by atoms with Gasteiger partial charge in [-0.05, 0) is 53.4 Å². The number of carbonyl (C=O) groups is 1. The maximum atomic E-state index is 12.3. The minimum Gasteiger partial charge on any atom is -0.384 e. The van der Waals surface area contributed by atoms with Crippen LogP contribution < -0.4 is 5.32 Å². The summed E-state index contributed by atoms with van der Waals surface area (Å²) in [5.74, 6) is 5.30. The van der Waals surface area contributed by atoms with E-state index in [1.807, 2.05) is 31.4 Å². The molecule has 3 nitrogen and oxygen atoms in total. The molecule has 1 heterocycles. The van der Waals surface area contributed by atoms with Gasteiger partial charge in [0, 0.05) is 17.7 Å². The fourth-order valence-electron chi connectivity index (χ4n) is 1.92. The van der Waals surface area contributed by atoms with Crippen LogP contribution >= 0.6 is 11.3 Å². The highest BCUT2D eigenvalue weighted by molar-refractivity contribution is 7.08. The summed E-state index contributed by atoms with van der Waals surface area (Å²) in [5, 5.41) is 15.8. The summed E-state index contributed by atoms with van der Waals surface area (Å²) in [5.41, 5.74) is 4.59. The summed E-state index contributed by atoms with van der Waals surface area (Å²) in [6, 6.07) is 5.47. The Morgan fingerprint density at radius 3 is 2.76 bits per heavy atom. The first-order chi connectivity index (χ1) is 10.1. The molecule has 0 fully saturated rings. The molecular formula is C17H17NO2S. The second-order valence-corrected chi connectivity index (χ2v) is 5.50. The van der Waals surface area contributed by atoms with Crippen LogP contribution in [0.5, 0.6) is 0 Å². The standard InChI is InChI=1S/C17H17NO2S/c1-12-5-6-14(4-3-7-19)8-16(12)17(20)18-9-15-11-21-10-13(15)2/h5-6,8,10-11,19H,7,9H2,1-2H3,(H,18,20). The Morgan fingerprint density at radius 1 is 1.29 bits per heavy atom. The van der Waals surface area contributed by atoms with Crippen LogP contribution in [0, 0.1) is 25.7 Å². The summed E-state index contributed by atoms with van der Waals surface area (Å²) in [7, 11) is 0. The number of nitrogens with one attached hydrogen (secondary N) is 1. The molecule has 0 atom stereocenters. The summed E-state index contributed by atoms with van der Waals surface area (Å²) in [6.07, 6.45) is 0. The first-order valence-electron chi connectivity index (χ1n) is 6.62. The van der Waals surface area contributed by atoms with E-state index >= 15 is 0 Å². The fraction of sp³-hybridized carbons (Fsp3) is 0.235. The van der Waals surface area contributed by atoms with Crippen LogP contribution in [-0.4, -0.2) is 17.6 Å². The van der Waals surface area contributed by atoms with Crippen molar-refractivity contribution in [3.8, 4) is 11.8 Å². The monoisotopic (exact) mass is 299 g/mol. The number of aliphatic hydroxyl groups excluding tert-OH is 1. The molecule has 1 amide bonds. The van der Waals surface area contributed by atoms with Crippen LogP contribution in [0.3, 0.4) is 0 Å². The van der Waals surface area contributed by atoms with E-state index in [0.717, 1.165) is 16.7 Å². The number of aryl methyl sites for hydroxylation is 2. The predicted molar refractivity (Wildman–Crippen MR) is 85.4 cm³/mol. The van der Waals surface area contributed by atoms with E-state index in [1.165, 1.54) is 5.56 Å². The lowest BCUT2D eigenvalue weighted by Gasteiger charge is -2.08. The van der Waals surface area contributed by atoms with E-state index in [0.29, 0.717) is 12.1 Å². The normalized spacial score (nSPS) is 9.86. The zero-order valence-corrected chi connectivity index (χ0v) is 12.9. The van der Waals surface area contributed by atoms with Gasteiger partial charge in [0.15, 0.2) is 0 Å². The third kappa shape index (κ3) is 3.94. The van der Waals surface area contributed by atoms with Gasteiger partial charge >= 0.3 is 0 Å². The molecule has 2 aromatic rings. The predicted octanol–water partition coefficient (Wildman–Crippen LogP) is 2.64. The number of hydrogen-bond donors (Lipinski definition) is 2. The van der Waals surface area contributed by atoms with Gasteiger partial charge in [0.2, 0.25) is 0 Å². The minimum absolute atomic E-state index is 0.106. The van der Waals surface area contributed by atoms with E-state index in [1.54, 1.807) is 17.4 Å². The smallest absolute Gasteiger partial charge is 0.251 e. The maximum absolute atomic E-state index is 12.3. The molecule has 0 aliphatic rings. The van der Waals surface area contributed by atoms with Crippen LogP contribution in [0.1, 0.15) is 32.6 Å². The second kappa shape index (κ2) is 7.07. The molecule has 0 spiro atoms. The van der Waals surface area contributed by atoms with Crippen LogP contribution in [0.4, 0.5) is 0 Å². The third-order valence-corrected chi connectivity index (χ3v) is 4.11. The Labute approximate surface area is 128 Å². The van der Waals surface area contributed by atoms with Gasteiger partial charge in [-0.2, -0.15) is 11.3 Å². The van der Waals surface area contributed by atoms with Crippen molar-refractivity contribution in [2.45, 2.75) is 20.4 Å². The van der Waals surface area contributed by atoms with Gasteiger partial charge in [0.25, 0.3) is 5.91 Å². The molecule has 2 N–H and O–H groups in total. The van der Waals surface area contributed by atoms with Crippen molar-refractivity contribution in [3.05, 3.63) is 56.8 Å². The van der Waals surface area contributed by atoms with Gasteiger partial charge < -0.3 is 10.4 Å². The number of benzene rings is 1. The Morgan fingerprint density at radius 2 is 2.10 bits per heavy atom. The van der Waals surface area contributed by atoms with Crippen LogP contribution in [0.25, 0.3) is 0 Å². The Hall–Kier alpha value is -2.09. The number of aliphatic hydroxyl groups is 1. The lowest BCUT2D eigenvalue weighted by molar-refractivity contribution is 0.0950. The van der Waals surface area contributed by atoms with E-state index in [9.17, 15) is 4.79 Å². The van der Waals surface area contributed by atoms with Gasteiger partial charge in [-0.25, -0.2) is 0 Å². The SMILES string of the molecule is Cc1cscc1CNC(=O)c1cc(C#CCO)ccc1C. The largest absolute Gasteiger partial charge is 0.384 e. The van der Waals surface area contributed by atoms with E-state index in [4.69, 9.17) is 5.11 Å². The van der Waals surface area contributed by atoms with Crippen LogP contribution in [0.2, 0.25) is 0 Å². The van der Waals surface area contributed by atoms with Crippen molar-refractivity contribution in [1.82, 2.24) is 5.32 Å². The number of amides is 1. The lowest BCUT2D eigenvalue weighted by atomic mass is 10.0.